The van der Waals surface area contributed by atoms with Gasteiger partial charge in [-0.3, -0.25) is 5.32 Å². The van der Waals surface area contributed by atoms with E-state index < -0.39 is 12.1 Å². The summed E-state index contributed by atoms with van der Waals surface area (Å²) in [6.07, 6.45) is 0.808. The van der Waals surface area contributed by atoms with Crippen LogP contribution in [0.15, 0.2) is 24.8 Å². The maximum absolute atomic E-state index is 11.4. The fourth-order valence-electron chi connectivity index (χ4n) is 1.59. The van der Waals surface area contributed by atoms with E-state index >= 15 is 0 Å². The first-order valence-electron chi connectivity index (χ1n) is 5.35. The number of anilines is 1. The standard InChI is InChI=1S/C13H15NO4/c1-4-7-18-13(17)14-10-6-5-8(2)11(9(10)3)12(15)16/h4-6H,1,7H2,2-3H3,(H,14,17)(H,15,16). The molecule has 0 aliphatic rings. The van der Waals surface area contributed by atoms with Gasteiger partial charge in [-0.05, 0) is 31.0 Å². The van der Waals surface area contributed by atoms with E-state index in [1.165, 1.54) is 6.08 Å². The summed E-state index contributed by atoms with van der Waals surface area (Å²) in [6, 6.07) is 3.28. The molecule has 0 unspecified atom stereocenters. The fourth-order valence-corrected chi connectivity index (χ4v) is 1.59. The number of ether oxygens (including phenoxy) is 1. The summed E-state index contributed by atoms with van der Waals surface area (Å²) in [4.78, 5) is 22.5. The molecule has 5 nitrogen and oxygen atoms in total. The SMILES string of the molecule is C=CCOC(=O)Nc1ccc(C)c(C(=O)O)c1C. The van der Waals surface area contributed by atoms with Crippen molar-refractivity contribution in [2.45, 2.75) is 13.8 Å². The second-order valence-electron chi connectivity index (χ2n) is 3.75. The highest BCUT2D eigenvalue weighted by atomic mass is 16.5. The number of rotatable bonds is 4. The highest BCUT2D eigenvalue weighted by Crippen LogP contribution is 2.22. The van der Waals surface area contributed by atoms with Crippen molar-refractivity contribution in [2.24, 2.45) is 0 Å². The van der Waals surface area contributed by atoms with E-state index in [1.54, 1.807) is 26.0 Å². The lowest BCUT2D eigenvalue weighted by Gasteiger charge is -2.12. The van der Waals surface area contributed by atoms with Crippen molar-refractivity contribution in [1.82, 2.24) is 0 Å². The van der Waals surface area contributed by atoms with Gasteiger partial charge in [-0.15, -0.1) is 0 Å². The van der Waals surface area contributed by atoms with Crippen molar-refractivity contribution in [3.05, 3.63) is 41.5 Å². The molecule has 0 spiro atoms. The number of carbonyl (C=O) groups is 2. The molecule has 0 heterocycles. The van der Waals surface area contributed by atoms with Gasteiger partial charge in [0.25, 0.3) is 0 Å². The molecule has 96 valence electrons. The molecule has 1 rings (SSSR count). The number of carboxylic acid groups (broad SMARTS) is 1. The molecular weight excluding hydrogens is 234 g/mol. The number of carbonyl (C=O) groups excluding carboxylic acids is 1. The maximum atomic E-state index is 11.4. The van der Waals surface area contributed by atoms with Gasteiger partial charge < -0.3 is 9.84 Å². The smallest absolute Gasteiger partial charge is 0.411 e. The number of nitrogens with one attached hydrogen (secondary N) is 1. The zero-order chi connectivity index (χ0) is 13.7. The predicted octanol–water partition coefficient (Wildman–Crippen LogP) is 2.74. The molecule has 0 saturated carbocycles. The van der Waals surface area contributed by atoms with Crippen LogP contribution in [0, 0.1) is 13.8 Å². The lowest BCUT2D eigenvalue weighted by molar-refractivity contribution is 0.0695. The Kier molecular flexibility index (Phi) is 4.48. The molecule has 0 aliphatic heterocycles. The molecule has 2 N–H and O–H groups in total. The molecular formula is C13H15NO4. The van der Waals surface area contributed by atoms with E-state index in [0.29, 0.717) is 16.8 Å². The first-order chi connectivity index (χ1) is 8.47. The molecule has 5 heteroatoms. The molecule has 0 atom stereocenters. The van der Waals surface area contributed by atoms with Crippen LogP contribution in [-0.4, -0.2) is 23.8 Å². The zero-order valence-corrected chi connectivity index (χ0v) is 10.3. The Morgan fingerprint density at radius 2 is 2.11 bits per heavy atom. The van der Waals surface area contributed by atoms with E-state index in [-0.39, 0.29) is 12.2 Å². The van der Waals surface area contributed by atoms with Gasteiger partial charge in [0, 0.05) is 5.69 Å². The number of carboxylic acids is 1. The summed E-state index contributed by atoms with van der Waals surface area (Å²) >= 11 is 0. The van der Waals surface area contributed by atoms with Crippen molar-refractivity contribution >= 4 is 17.7 Å². The van der Waals surface area contributed by atoms with Crippen molar-refractivity contribution in [2.75, 3.05) is 11.9 Å². The van der Waals surface area contributed by atoms with Crippen LogP contribution in [0.3, 0.4) is 0 Å². The van der Waals surface area contributed by atoms with E-state index in [4.69, 9.17) is 9.84 Å². The van der Waals surface area contributed by atoms with Crippen molar-refractivity contribution in [3.8, 4) is 0 Å². The van der Waals surface area contributed by atoms with Gasteiger partial charge >= 0.3 is 12.1 Å². The maximum Gasteiger partial charge on any atom is 0.411 e. The van der Waals surface area contributed by atoms with Gasteiger partial charge in [0.05, 0.1) is 5.56 Å². The van der Waals surface area contributed by atoms with E-state index in [1.807, 2.05) is 0 Å². The Labute approximate surface area is 105 Å². The number of amides is 1. The fraction of sp³-hybridized carbons (Fsp3) is 0.231. The topological polar surface area (TPSA) is 75.6 Å². The van der Waals surface area contributed by atoms with Crippen LogP contribution in [-0.2, 0) is 4.74 Å². The molecule has 0 saturated heterocycles. The van der Waals surface area contributed by atoms with Crippen molar-refractivity contribution in [3.63, 3.8) is 0 Å². The third kappa shape index (κ3) is 3.10. The summed E-state index contributed by atoms with van der Waals surface area (Å²) in [5, 5.41) is 11.6. The van der Waals surface area contributed by atoms with Crippen LogP contribution in [0.2, 0.25) is 0 Å². The Bertz CT molecular complexity index is 494. The summed E-state index contributed by atoms with van der Waals surface area (Å²) in [5.74, 6) is -1.02. The molecule has 1 amide bonds. The van der Waals surface area contributed by atoms with Crippen LogP contribution in [0.25, 0.3) is 0 Å². The van der Waals surface area contributed by atoms with Crippen molar-refractivity contribution < 1.29 is 19.4 Å². The average molecular weight is 249 g/mol. The number of hydrogen-bond donors (Lipinski definition) is 2. The quantitative estimate of drug-likeness (QED) is 0.804. The first kappa shape index (κ1) is 13.8. The largest absolute Gasteiger partial charge is 0.478 e. The Morgan fingerprint density at radius 1 is 1.44 bits per heavy atom. The normalized spacial score (nSPS) is 9.67. The van der Waals surface area contributed by atoms with E-state index in [9.17, 15) is 9.59 Å². The highest BCUT2D eigenvalue weighted by molar-refractivity contribution is 5.95. The van der Waals surface area contributed by atoms with Crippen LogP contribution in [0.1, 0.15) is 21.5 Å². The molecule has 18 heavy (non-hydrogen) atoms. The molecule has 0 radical (unpaired) electrons. The average Bonchev–Trinajstić information content (AvgIpc) is 2.30. The minimum atomic E-state index is -1.02. The molecule has 0 fully saturated rings. The van der Waals surface area contributed by atoms with Crippen molar-refractivity contribution in [1.29, 1.82) is 0 Å². The molecule has 1 aromatic carbocycles. The zero-order valence-electron chi connectivity index (χ0n) is 10.3. The number of hydrogen-bond acceptors (Lipinski definition) is 3. The second kappa shape index (κ2) is 5.86. The summed E-state index contributed by atoms with van der Waals surface area (Å²) in [5.41, 5.74) is 1.76. The van der Waals surface area contributed by atoms with Gasteiger partial charge in [0.1, 0.15) is 6.61 Å². The van der Waals surface area contributed by atoms with Gasteiger partial charge in [0.15, 0.2) is 0 Å². The van der Waals surface area contributed by atoms with Crippen LogP contribution in [0.5, 0.6) is 0 Å². The minimum Gasteiger partial charge on any atom is -0.478 e. The van der Waals surface area contributed by atoms with Crippen LogP contribution >= 0.6 is 0 Å². The minimum absolute atomic E-state index is 0.0997. The van der Waals surface area contributed by atoms with Gasteiger partial charge in [0.2, 0.25) is 0 Å². The summed E-state index contributed by atoms with van der Waals surface area (Å²) < 4.78 is 4.77. The Morgan fingerprint density at radius 3 is 2.67 bits per heavy atom. The van der Waals surface area contributed by atoms with E-state index in [2.05, 4.69) is 11.9 Å². The van der Waals surface area contributed by atoms with Gasteiger partial charge in [-0.25, -0.2) is 9.59 Å². The predicted molar refractivity (Wildman–Crippen MR) is 68.0 cm³/mol. The molecule has 0 aromatic heterocycles. The lowest BCUT2D eigenvalue weighted by atomic mass is 10.0. The third-order valence-corrected chi connectivity index (χ3v) is 2.46. The van der Waals surface area contributed by atoms with E-state index in [0.717, 1.165) is 0 Å². The Hall–Kier alpha value is -2.30. The van der Waals surface area contributed by atoms with Gasteiger partial charge in [-0.2, -0.15) is 0 Å². The van der Waals surface area contributed by atoms with Gasteiger partial charge in [-0.1, -0.05) is 18.7 Å². The Balaban J connectivity index is 2.97. The van der Waals surface area contributed by atoms with Crippen LogP contribution in [0.4, 0.5) is 10.5 Å². The molecule has 0 aliphatic carbocycles. The first-order valence-corrected chi connectivity index (χ1v) is 5.35. The highest BCUT2D eigenvalue weighted by Gasteiger charge is 2.15. The number of aryl methyl sites for hydroxylation is 1. The lowest BCUT2D eigenvalue weighted by Crippen LogP contribution is -2.16. The summed E-state index contributed by atoms with van der Waals surface area (Å²) in [7, 11) is 0. The van der Waals surface area contributed by atoms with Crippen LogP contribution < -0.4 is 5.32 Å². The number of benzene rings is 1. The second-order valence-corrected chi connectivity index (χ2v) is 3.75. The third-order valence-electron chi connectivity index (χ3n) is 2.46. The number of aromatic carboxylic acids is 1. The molecule has 0 bridgehead atoms. The monoisotopic (exact) mass is 249 g/mol. The molecule has 1 aromatic rings. The summed E-state index contributed by atoms with van der Waals surface area (Å²) in [6.45, 7) is 6.87.